The second-order valence-electron chi connectivity index (χ2n) is 6.33. The van der Waals surface area contributed by atoms with Crippen LogP contribution >= 0.6 is 23.4 Å². The first kappa shape index (κ1) is 17.6. The van der Waals surface area contributed by atoms with Crippen LogP contribution in [0.25, 0.3) is 0 Å². The van der Waals surface area contributed by atoms with Gasteiger partial charge in [0.15, 0.2) is 5.16 Å². The fraction of sp³-hybridized carbons (Fsp3) is 0.471. The molecule has 1 N–H and O–H groups in total. The van der Waals surface area contributed by atoms with Crippen LogP contribution in [0.3, 0.4) is 0 Å². The molecule has 1 saturated carbocycles. The maximum absolute atomic E-state index is 12.2. The number of halogens is 1. The maximum Gasteiger partial charge on any atom is 0.234 e. The van der Waals surface area contributed by atoms with Gasteiger partial charge in [0.1, 0.15) is 0 Å². The van der Waals surface area contributed by atoms with E-state index in [1.807, 2.05) is 12.1 Å². The van der Waals surface area contributed by atoms with Crippen LogP contribution in [0.5, 0.6) is 0 Å². The zero-order chi connectivity index (χ0) is 17.9. The highest BCUT2D eigenvalue weighted by Crippen LogP contribution is 2.41. The third-order valence-electron chi connectivity index (χ3n) is 4.29. The van der Waals surface area contributed by atoms with Crippen molar-refractivity contribution >= 4 is 40.9 Å². The summed E-state index contributed by atoms with van der Waals surface area (Å²) in [5.41, 5.74) is 0.695. The molecule has 1 saturated heterocycles. The van der Waals surface area contributed by atoms with Gasteiger partial charge in [-0.05, 0) is 31.0 Å². The monoisotopic (exact) mass is 393 g/mol. The summed E-state index contributed by atoms with van der Waals surface area (Å²) in [6.45, 7) is 3.07. The third-order valence-corrected chi connectivity index (χ3v) is 5.47. The van der Waals surface area contributed by atoms with Gasteiger partial charge in [0.2, 0.25) is 11.9 Å². The summed E-state index contributed by atoms with van der Waals surface area (Å²) < 4.78 is 7.60. The molecule has 1 aromatic heterocycles. The van der Waals surface area contributed by atoms with Gasteiger partial charge in [-0.3, -0.25) is 9.36 Å². The maximum atomic E-state index is 12.2. The number of carbonyl (C=O) groups excluding carboxylic acids is 1. The minimum Gasteiger partial charge on any atom is -0.378 e. The molecule has 1 aliphatic carbocycles. The van der Waals surface area contributed by atoms with Crippen molar-refractivity contribution in [3.05, 3.63) is 29.3 Å². The first-order valence-corrected chi connectivity index (χ1v) is 10.0. The lowest BCUT2D eigenvalue weighted by molar-refractivity contribution is -0.113. The van der Waals surface area contributed by atoms with E-state index in [1.54, 1.807) is 12.1 Å². The summed E-state index contributed by atoms with van der Waals surface area (Å²) in [5.74, 6) is 1.09. The number of nitrogens with zero attached hydrogens (tertiary/aromatic N) is 4. The Labute approximate surface area is 161 Å². The number of benzene rings is 1. The van der Waals surface area contributed by atoms with Gasteiger partial charge < -0.3 is 15.0 Å². The van der Waals surface area contributed by atoms with Crippen LogP contribution in [0, 0.1) is 0 Å². The van der Waals surface area contributed by atoms with E-state index in [4.69, 9.17) is 16.3 Å². The predicted molar refractivity (Wildman–Crippen MR) is 102 cm³/mol. The van der Waals surface area contributed by atoms with Crippen molar-refractivity contribution < 1.29 is 9.53 Å². The zero-order valence-corrected chi connectivity index (χ0v) is 15.8. The fourth-order valence-electron chi connectivity index (χ4n) is 2.89. The molecule has 2 heterocycles. The number of anilines is 2. The largest absolute Gasteiger partial charge is 0.378 e. The first-order valence-electron chi connectivity index (χ1n) is 8.66. The average Bonchev–Trinajstić information content (AvgIpc) is 3.40. The lowest BCUT2D eigenvalue weighted by Crippen LogP contribution is -2.38. The molecule has 0 atom stereocenters. The van der Waals surface area contributed by atoms with E-state index < -0.39 is 0 Å². The molecule has 26 heavy (non-hydrogen) atoms. The molecule has 1 aromatic carbocycles. The Morgan fingerprint density at radius 3 is 2.85 bits per heavy atom. The fourth-order valence-corrected chi connectivity index (χ4v) is 3.88. The van der Waals surface area contributed by atoms with Crippen LogP contribution in [-0.4, -0.2) is 52.7 Å². The minimum atomic E-state index is -0.0875. The number of hydrogen-bond donors (Lipinski definition) is 1. The van der Waals surface area contributed by atoms with E-state index in [0.29, 0.717) is 30.0 Å². The van der Waals surface area contributed by atoms with Crippen molar-refractivity contribution in [2.45, 2.75) is 24.0 Å². The summed E-state index contributed by atoms with van der Waals surface area (Å²) in [4.78, 5) is 14.5. The molecule has 1 amide bonds. The lowest BCUT2D eigenvalue weighted by atomic mass is 10.3. The van der Waals surface area contributed by atoms with Gasteiger partial charge in [-0.15, -0.1) is 10.2 Å². The topological polar surface area (TPSA) is 72.3 Å². The van der Waals surface area contributed by atoms with E-state index >= 15 is 0 Å². The zero-order valence-electron chi connectivity index (χ0n) is 14.2. The highest BCUT2D eigenvalue weighted by Gasteiger charge is 2.32. The summed E-state index contributed by atoms with van der Waals surface area (Å²) in [6, 6.07) is 7.58. The number of thioether (sulfide) groups is 1. The summed E-state index contributed by atoms with van der Waals surface area (Å²) in [5, 5.41) is 13.0. The van der Waals surface area contributed by atoms with E-state index in [9.17, 15) is 4.79 Å². The van der Waals surface area contributed by atoms with Crippen molar-refractivity contribution in [1.82, 2.24) is 14.8 Å². The van der Waals surface area contributed by atoms with Crippen molar-refractivity contribution in [1.29, 1.82) is 0 Å². The Kier molecular flexibility index (Phi) is 5.33. The van der Waals surface area contributed by atoms with Crippen LogP contribution in [-0.2, 0) is 9.53 Å². The second kappa shape index (κ2) is 7.85. The Hall–Kier alpha value is -1.77. The Morgan fingerprint density at radius 2 is 2.12 bits per heavy atom. The van der Waals surface area contributed by atoms with Gasteiger partial charge >= 0.3 is 0 Å². The summed E-state index contributed by atoms with van der Waals surface area (Å²) in [7, 11) is 0. The molecule has 7 nitrogen and oxygen atoms in total. The van der Waals surface area contributed by atoms with Crippen LogP contribution in [0.15, 0.2) is 29.4 Å². The van der Waals surface area contributed by atoms with Gasteiger partial charge in [0, 0.05) is 29.8 Å². The molecule has 0 unspecified atom stereocenters. The van der Waals surface area contributed by atoms with Gasteiger partial charge in [0.05, 0.1) is 19.0 Å². The van der Waals surface area contributed by atoms with Gasteiger partial charge in [0.25, 0.3) is 0 Å². The highest BCUT2D eigenvalue weighted by molar-refractivity contribution is 7.99. The van der Waals surface area contributed by atoms with E-state index in [-0.39, 0.29) is 11.7 Å². The normalized spacial score (nSPS) is 17.3. The van der Waals surface area contributed by atoms with Crippen molar-refractivity contribution in [3.8, 4) is 0 Å². The highest BCUT2D eigenvalue weighted by atomic mass is 35.5. The summed E-state index contributed by atoms with van der Waals surface area (Å²) in [6.07, 6.45) is 2.27. The molecule has 9 heteroatoms. The minimum absolute atomic E-state index is 0.0875. The molecule has 0 bridgehead atoms. The molecule has 4 rings (SSSR count). The van der Waals surface area contributed by atoms with Crippen LogP contribution in [0.1, 0.15) is 18.9 Å². The van der Waals surface area contributed by atoms with Crippen molar-refractivity contribution in [2.24, 2.45) is 0 Å². The van der Waals surface area contributed by atoms with Crippen molar-refractivity contribution in [2.75, 3.05) is 42.3 Å². The van der Waals surface area contributed by atoms with Gasteiger partial charge in [-0.1, -0.05) is 29.4 Å². The van der Waals surface area contributed by atoms with Gasteiger partial charge in [-0.25, -0.2) is 0 Å². The van der Waals surface area contributed by atoms with E-state index in [0.717, 1.165) is 37.0 Å². The SMILES string of the molecule is O=C(CSc1nnc(N2CCOCC2)n1C1CC1)Nc1cccc(Cl)c1. The standard InChI is InChI=1S/C17H20ClN5O2S/c18-12-2-1-3-13(10-12)19-15(24)11-26-17-21-20-16(23(17)14-4-5-14)22-6-8-25-9-7-22/h1-3,10,14H,4-9,11H2,(H,19,24). The molecular formula is C17H20ClN5O2S. The summed E-state index contributed by atoms with van der Waals surface area (Å²) >= 11 is 7.37. The van der Waals surface area contributed by atoms with E-state index in [1.165, 1.54) is 11.8 Å². The van der Waals surface area contributed by atoms with Crippen LogP contribution < -0.4 is 10.2 Å². The molecule has 1 aliphatic heterocycles. The Morgan fingerprint density at radius 1 is 1.31 bits per heavy atom. The van der Waals surface area contributed by atoms with Gasteiger partial charge in [-0.2, -0.15) is 0 Å². The molecule has 138 valence electrons. The molecule has 2 aromatic rings. The van der Waals surface area contributed by atoms with Crippen LogP contribution in [0.2, 0.25) is 5.02 Å². The number of morpholine rings is 1. The molecule has 0 spiro atoms. The molecular weight excluding hydrogens is 374 g/mol. The molecule has 2 fully saturated rings. The molecule has 0 radical (unpaired) electrons. The number of aromatic nitrogens is 3. The second-order valence-corrected chi connectivity index (χ2v) is 7.71. The Bertz CT molecular complexity index is 789. The first-order chi connectivity index (χ1) is 12.7. The third kappa shape index (κ3) is 4.13. The smallest absolute Gasteiger partial charge is 0.234 e. The number of amides is 1. The number of ether oxygens (including phenoxy) is 1. The number of hydrogen-bond acceptors (Lipinski definition) is 6. The number of rotatable bonds is 6. The number of nitrogens with one attached hydrogen (secondary N) is 1. The molecule has 2 aliphatic rings. The number of carbonyl (C=O) groups is 1. The quantitative estimate of drug-likeness (QED) is 0.761. The van der Waals surface area contributed by atoms with Crippen LogP contribution in [0.4, 0.5) is 11.6 Å². The average molecular weight is 394 g/mol. The van der Waals surface area contributed by atoms with E-state index in [2.05, 4.69) is 25.0 Å². The predicted octanol–water partition coefficient (Wildman–Crippen LogP) is 2.83. The Balaban J connectivity index is 1.41. The van der Waals surface area contributed by atoms with Crippen molar-refractivity contribution in [3.63, 3.8) is 0 Å². The lowest BCUT2D eigenvalue weighted by Gasteiger charge is -2.27.